The lowest BCUT2D eigenvalue weighted by molar-refractivity contribution is 0.200. The van der Waals surface area contributed by atoms with Crippen molar-refractivity contribution in [1.29, 1.82) is 0 Å². The molecule has 2 aromatic carbocycles. The van der Waals surface area contributed by atoms with E-state index in [4.69, 9.17) is 0 Å². The number of likely N-dealkylation sites (tertiary alicyclic amines) is 1. The van der Waals surface area contributed by atoms with Crippen molar-refractivity contribution in [3.63, 3.8) is 0 Å². The van der Waals surface area contributed by atoms with Crippen molar-refractivity contribution >= 4 is 20.9 Å². The highest BCUT2D eigenvalue weighted by Gasteiger charge is 2.25. The average Bonchev–Trinajstić information content (AvgIpc) is 2.77. The Morgan fingerprint density at radius 2 is 1.65 bits per heavy atom. The monoisotopic (exact) mass is 442 g/mol. The quantitative estimate of drug-likeness (QED) is 0.641. The third-order valence-corrected chi connectivity index (χ3v) is 7.43. The summed E-state index contributed by atoms with van der Waals surface area (Å²) in [5.41, 5.74) is 0.688. The molecule has 2 heterocycles. The Morgan fingerprint density at radius 1 is 0.968 bits per heavy atom. The van der Waals surface area contributed by atoms with Crippen LogP contribution in [0.4, 0.5) is 0 Å². The van der Waals surface area contributed by atoms with Crippen LogP contribution in [-0.2, 0) is 30.7 Å². The molecule has 0 unspecified atom stereocenters. The van der Waals surface area contributed by atoms with E-state index in [1.807, 2.05) is 18.2 Å². The minimum absolute atomic E-state index is 0.0301. The number of nitrogens with zero attached hydrogens (tertiary/aromatic N) is 3. The number of aryl methyl sites for hydroxylation is 1. The molecule has 0 radical (unpaired) electrons. The molecule has 4 rings (SSSR count). The lowest BCUT2D eigenvalue weighted by atomic mass is 10.1. The molecule has 8 nitrogen and oxygen atoms in total. The Morgan fingerprint density at radius 3 is 2.32 bits per heavy atom. The first-order valence-corrected chi connectivity index (χ1v) is 11.7. The molecule has 164 valence electrons. The summed E-state index contributed by atoms with van der Waals surface area (Å²) in [5.74, 6) is 0. The maximum Gasteiger partial charge on any atom is 0.330 e. The van der Waals surface area contributed by atoms with Crippen molar-refractivity contribution in [3.05, 3.63) is 74.9 Å². The van der Waals surface area contributed by atoms with Crippen LogP contribution in [0, 0.1) is 0 Å². The standard InChI is InChI=1S/C22H26N4O4S/c1-24-20-9-8-18(14-19(20)21(27)25(2)22(24)28)31(29,30)23-17-10-12-26(13-11-17)15-16-6-4-3-5-7-16/h3-9,14,17,23H,10-13,15H2,1-2H3. The highest BCUT2D eigenvalue weighted by Crippen LogP contribution is 2.19. The maximum atomic E-state index is 13.0. The molecule has 3 aromatic rings. The lowest BCUT2D eigenvalue weighted by Gasteiger charge is -2.32. The molecule has 31 heavy (non-hydrogen) atoms. The van der Waals surface area contributed by atoms with Crippen LogP contribution in [0.3, 0.4) is 0 Å². The first kappa shape index (κ1) is 21.5. The Labute approximate surface area is 180 Å². The lowest BCUT2D eigenvalue weighted by Crippen LogP contribution is -2.44. The van der Waals surface area contributed by atoms with Crippen LogP contribution in [0.2, 0.25) is 0 Å². The zero-order valence-electron chi connectivity index (χ0n) is 17.6. The zero-order chi connectivity index (χ0) is 22.2. The van der Waals surface area contributed by atoms with Gasteiger partial charge in [0, 0.05) is 39.8 Å². The maximum absolute atomic E-state index is 13.0. The highest BCUT2D eigenvalue weighted by molar-refractivity contribution is 7.89. The number of benzene rings is 2. The highest BCUT2D eigenvalue weighted by atomic mass is 32.2. The predicted octanol–water partition coefficient (Wildman–Crippen LogP) is 1.18. The van der Waals surface area contributed by atoms with Gasteiger partial charge in [0.25, 0.3) is 5.56 Å². The van der Waals surface area contributed by atoms with Crippen molar-refractivity contribution in [3.8, 4) is 0 Å². The number of rotatable bonds is 5. The Balaban J connectivity index is 1.49. The number of aromatic nitrogens is 2. The molecule has 0 atom stereocenters. The van der Waals surface area contributed by atoms with E-state index in [1.54, 1.807) is 7.05 Å². The molecule has 1 N–H and O–H groups in total. The summed E-state index contributed by atoms with van der Waals surface area (Å²) < 4.78 is 31.0. The Bertz CT molecular complexity index is 1320. The van der Waals surface area contributed by atoms with E-state index in [2.05, 4.69) is 21.8 Å². The second kappa shape index (κ2) is 8.41. The SMILES string of the molecule is Cn1c(=O)c2cc(S(=O)(=O)NC3CCN(Cc4ccccc4)CC3)ccc2n(C)c1=O. The third-order valence-electron chi connectivity index (χ3n) is 5.91. The molecule has 0 aliphatic carbocycles. The molecule has 0 spiro atoms. The van der Waals surface area contributed by atoms with Crippen LogP contribution in [0.1, 0.15) is 18.4 Å². The fourth-order valence-corrected chi connectivity index (χ4v) is 5.41. The van der Waals surface area contributed by atoms with Crippen molar-refractivity contribution in [1.82, 2.24) is 18.8 Å². The van der Waals surface area contributed by atoms with Crippen LogP contribution in [0.25, 0.3) is 10.9 Å². The van der Waals surface area contributed by atoms with E-state index in [1.165, 1.54) is 35.4 Å². The topological polar surface area (TPSA) is 93.4 Å². The smallest absolute Gasteiger partial charge is 0.299 e. The van der Waals surface area contributed by atoms with E-state index >= 15 is 0 Å². The van der Waals surface area contributed by atoms with Gasteiger partial charge in [-0.15, -0.1) is 0 Å². The molecule has 0 saturated carbocycles. The summed E-state index contributed by atoms with van der Waals surface area (Å²) >= 11 is 0. The normalized spacial score (nSPS) is 16.1. The van der Waals surface area contributed by atoms with Gasteiger partial charge in [-0.1, -0.05) is 30.3 Å². The predicted molar refractivity (Wildman–Crippen MR) is 119 cm³/mol. The van der Waals surface area contributed by atoms with Gasteiger partial charge in [0.1, 0.15) is 0 Å². The number of piperidine rings is 1. The fraction of sp³-hybridized carbons (Fsp3) is 0.364. The van der Waals surface area contributed by atoms with Gasteiger partial charge in [0.2, 0.25) is 10.0 Å². The van der Waals surface area contributed by atoms with Gasteiger partial charge in [-0.3, -0.25) is 18.8 Å². The van der Waals surface area contributed by atoms with E-state index in [-0.39, 0.29) is 16.3 Å². The molecular weight excluding hydrogens is 416 g/mol. The molecule has 1 aliphatic rings. The number of fused-ring (bicyclic) bond motifs is 1. The Hall–Kier alpha value is -2.75. The van der Waals surface area contributed by atoms with Gasteiger partial charge in [-0.25, -0.2) is 17.9 Å². The Kier molecular flexibility index (Phi) is 5.83. The number of hydrogen-bond acceptors (Lipinski definition) is 5. The fourth-order valence-electron chi connectivity index (χ4n) is 4.08. The molecule has 1 aliphatic heterocycles. The second-order valence-corrected chi connectivity index (χ2v) is 9.76. The molecule has 9 heteroatoms. The van der Waals surface area contributed by atoms with Gasteiger partial charge in [0.05, 0.1) is 15.8 Å². The van der Waals surface area contributed by atoms with Gasteiger partial charge < -0.3 is 0 Å². The molecule has 1 saturated heterocycles. The number of sulfonamides is 1. The first-order valence-electron chi connectivity index (χ1n) is 10.2. The number of nitrogens with one attached hydrogen (secondary N) is 1. The second-order valence-electron chi connectivity index (χ2n) is 8.04. The van der Waals surface area contributed by atoms with Crippen LogP contribution in [0.5, 0.6) is 0 Å². The van der Waals surface area contributed by atoms with Crippen molar-refractivity contribution in [2.75, 3.05) is 13.1 Å². The summed E-state index contributed by atoms with van der Waals surface area (Å²) in [6.07, 6.45) is 1.44. The molecule has 0 amide bonds. The van der Waals surface area contributed by atoms with Crippen LogP contribution in [-0.4, -0.2) is 41.6 Å². The van der Waals surface area contributed by atoms with E-state index in [0.29, 0.717) is 5.52 Å². The van der Waals surface area contributed by atoms with E-state index in [0.717, 1.165) is 37.0 Å². The van der Waals surface area contributed by atoms with Crippen molar-refractivity contribution < 1.29 is 8.42 Å². The van der Waals surface area contributed by atoms with Crippen LogP contribution >= 0.6 is 0 Å². The third kappa shape index (κ3) is 4.34. The number of hydrogen-bond donors (Lipinski definition) is 1. The van der Waals surface area contributed by atoms with Crippen molar-refractivity contribution in [2.24, 2.45) is 14.1 Å². The van der Waals surface area contributed by atoms with Gasteiger partial charge in [-0.05, 0) is 36.6 Å². The van der Waals surface area contributed by atoms with E-state index < -0.39 is 21.3 Å². The van der Waals surface area contributed by atoms with E-state index in [9.17, 15) is 18.0 Å². The molecular formula is C22H26N4O4S. The summed E-state index contributed by atoms with van der Waals surface area (Å²) in [7, 11) is -0.847. The summed E-state index contributed by atoms with van der Waals surface area (Å²) in [5, 5.41) is 0.199. The van der Waals surface area contributed by atoms with Gasteiger partial charge in [-0.2, -0.15) is 0 Å². The molecule has 1 aromatic heterocycles. The van der Waals surface area contributed by atoms with Gasteiger partial charge in [0.15, 0.2) is 0 Å². The van der Waals surface area contributed by atoms with Crippen LogP contribution in [0.15, 0.2) is 63.0 Å². The first-order chi connectivity index (χ1) is 14.8. The largest absolute Gasteiger partial charge is 0.330 e. The summed E-state index contributed by atoms with van der Waals surface area (Å²) in [6.45, 7) is 2.47. The molecule has 1 fully saturated rings. The summed E-state index contributed by atoms with van der Waals surface area (Å²) in [6, 6.07) is 14.4. The average molecular weight is 443 g/mol. The zero-order valence-corrected chi connectivity index (χ0v) is 18.4. The van der Waals surface area contributed by atoms with Crippen LogP contribution < -0.4 is 16.0 Å². The summed E-state index contributed by atoms with van der Waals surface area (Å²) in [4.78, 5) is 26.9. The molecule has 0 bridgehead atoms. The van der Waals surface area contributed by atoms with Crippen molar-refractivity contribution in [2.45, 2.75) is 30.3 Å². The minimum Gasteiger partial charge on any atom is -0.299 e. The minimum atomic E-state index is -3.78. The van der Waals surface area contributed by atoms with Gasteiger partial charge >= 0.3 is 5.69 Å².